The predicted octanol–water partition coefficient (Wildman–Crippen LogP) is 1.34. The van der Waals surface area contributed by atoms with Gasteiger partial charge in [-0.25, -0.2) is 4.79 Å². The molecule has 12 heteroatoms. The predicted molar refractivity (Wildman–Crippen MR) is 133 cm³/mol. The van der Waals surface area contributed by atoms with Gasteiger partial charge in [0.15, 0.2) is 23.4 Å². The summed E-state index contributed by atoms with van der Waals surface area (Å²) in [4.78, 5) is 12.9. The molecule has 0 aromatic heterocycles. The van der Waals surface area contributed by atoms with Crippen LogP contribution in [0.15, 0.2) is 66.7 Å². The van der Waals surface area contributed by atoms with E-state index in [0.29, 0.717) is 0 Å². The highest BCUT2D eigenvalue weighted by atomic mass is 16.7. The molecule has 0 bridgehead atoms. The minimum Gasteiger partial charge on any atom is -0.508 e. The van der Waals surface area contributed by atoms with E-state index in [1.54, 1.807) is 30.3 Å². The third kappa shape index (κ3) is 5.84. The fraction of sp³-hybridized carbons (Fsp3) is 0.222. The van der Waals surface area contributed by atoms with Gasteiger partial charge in [0.05, 0.1) is 12.2 Å². The van der Waals surface area contributed by atoms with Crippen LogP contribution < -0.4 is 4.74 Å². The Kier molecular flexibility index (Phi) is 7.83. The van der Waals surface area contributed by atoms with Crippen LogP contribution >= 0.6 is 0 Å². The molecule has 5 atom stereocenters. The van der Waals surface area contributed by atoms with Crippen LogP contribution in [0.4, 0.5) is 0 Å². The Bertz CT molecular complexity index is 1310. The first-order chi connectivity index (χ1) is 18.5. The molecular formula is C27H26O12. The largest absolute Gasteiger partial charge is 0.508 e. The van der Waals surface area contributed by atoms with Crippen LogP contribution in [0.1, 0.15) is 15.9 Å². The third-order valence-corrected chi connectivity index (χ3v) is 6.04. The van der Waals surface area contributed by atoms with Crippen LogP contribution in [0, 0.1) is 0 Å². The van der Waals surface area contributed by atoms with Crippen molar-refractivity contribution in [2.75, 3.05) is 6.61 Å². The SMILES string of the molecule is O=C(OC1C(Oc2ccccc2)OC(CO)C(O)(/C=C/c2cc(O)cc(O)c2)C1O)c1cc(O)c(O)c(O)c1. The second-order valence-corrected chi connectivity index (χ2v) is 8.79. The molecule has 0 spiro atoms. The number of esters is 1. The molecular weight excluding hydrogens is 516 g/mol. The van der Waals surface area contributed by atoms with Crippen LogP contribution in [0.25, 0.3) is 6.08 Å². The first kappa shape index (κ1) is 27.5. The van der Waals surface area contributed by atoms with E-state index in [1.165, 1.54) is 18.2 Å². The molecule has 0 radical (unpaired) electrons. The summed E-state index contributed by atoms with van der Waals surface area (Å²) in [6.07, 6.45) is -4.50. The lowest BCUT2D eigenvalue weighted by Gasteiger charge is -2.47. The number of hydrogen-bond acceptors (Lipinski definition) is 12. The molecule has 1 fully saturated rings. The number of phenolic OH excluding ortho intramolecular Hbond substituents is 5. The van der Waals surface area contributed by atoms with E-state index in [1.807, 2.05) is 0 Å². The molecule has 1 aliphatic heterocycles. The third-order valence-electron chi connectivity index (χ3n) is 6.04. The lowest BCUT2D eigenvalue weighted by Crippen LogP contribution is -2.67. The Morgan fingerprint density at radius 3 is 2.15 bits per heavy atom. The number of para-hydroxylation sites is 1. The normalized spacial score (nSPS) is 24.9. The molecule has 206 valence electrons. The number of aliphatic hydroxyl groups is 3. The van der Waals surface area contributed by atoms with Crippen molar-refractivity contribution in [2.24, 2.45) is 0 Å². The minimum absolute atomic E-state index is 0.219. The van der Waals surface area contributed by atoms with Crippen molar-refractivity contribution in [3.63, 3.8) is 0 Å². The average molecular weight is 542 g/mol. The van der Waals surface area contributed by atoms with Crippen LogP contribution in [0.2, 0.25) is 0 Å². The van der Waals surface area contributed by atoms with E-state index in [-0.39, 0.29) is 22.8 Å². The summed E-state index contributed by atoms with van der Waals surface area (Å²) in [5.41, 5.74) is -2.58. The second-order valence-electron chi connectivity index (χ2n) is 8.79. The monoisotopic (exact) mass is 542 g/mol. The highest BCUT2D eigenvalue weighted by molar-refractivity contribution is 5.91. The topological polar surface area (TPSA) is 207 Å². The average Bonchev–Trinajstić information content (AvgIpc) is 2.90. The van der Waals surface area contributed by atoms with Crippen LogP contribution in [0.5, 0.6) is 34.5 Å². The molecule has 8 N–H and O–H groups in total. The smallest absolute Gasteiger partial charge is 0.339 e. The van der Waals surface area contributed by atoms with Gasteiger partial charge in [0, 0.05) is 6.07 Å². The number of ether oxygens (including phenoxy) is 3. The number of phenols is 5. The van der Waals surface area contributed by atoms with Gasteiger partial charge in [-0.2, -0.15) is 0 Å². The van der Waals surface area contributed by atoms with Crippen molar-refractivity contribution in [1.29, 1.82) is 0 Å². The van der Waals surface area contributed by atoms with E-state index in [4.69, 9.17) is 14.2 Å². The molecule has 12 nitrogen and oxygen atoms in total. The van der Waals surface area contributed by atoms with Gasteiger partial charge in [-0.1, -0.05) is 24.3 Å². The standard InChI is InChI=1S/C27H26O12/c28-13-21-27(36,7-6-14-8-16(29)12-17(30)9-14)24(34)23(26(38-21)37-18-4-2-1-3-5-18)39-25(35)15-10-19(31)22(33)20(32)11-15/h1-12,21,23-24,26,28-34,36H,13H2/b7-6+. The van der Waals surface area contributed by atoms with Crippen molar-refractivity contribution in [3.05, 3.63) is 77.9 Å². The molecule has 4 rings (SSSR count). The van der Waals surface area contributed by atoms with E-state index < -0.39 is 65.6 Å². The first-order valence-corrected chi connectivity index (χ1v) is 11.6. The minimum atomic E-state index is -2.39. The van der Waals surface area contributed by atoms with Crippen molar-refractivity contribution < 1.29 is 59.9 Å². The summed E-state index contributed by atoms with van der Waals surface area (Å²) in [5.74, 6) is -3.98. The number of carbonyl (C=O) groups excluding carboxylic acids is 1. The van der Waals surface area contributed by atoms with E-state index in [2.05, 4.69) is 0 Å². The van der Waals surface area contributed by atoms with E-state index in [9.17, 15) is 45.6 Å². The first-order valence-electron chi connectivity index (χ1n) is 11.6. The van der Waals surface area contributed by atoms with Crippen molar-refractivity contribution in [1.82, 2.24) is 0 Å². The van der Waals surface area contributed by atoms with Crippen molar-refractivity contribution in [2.45, 2.75) is 30.2 Å². The summed E-state index contributed by atoms with van der Waals surface area (Å²) in [6, 6.07) is 13.3. The zero-order valence-corrected chi connectivity index (χ0v) is 20.2. The number of benzene rings is 3. The van der Waals surface area contributed by atoms with Gasteiger partial charge in [-0.05, 0) is 48.0 Å². The second kappa shape index (κ2) is 11.1. The Morgan fingerprint density at radius 1 is 0.949 bits per heavy atom. The molecule has 0 aliphatic carbocycles. The summed E-state index contributed by atoms with van der Waals surface area (Å²) >= 11 is 0. The molecule has 0 saturated carbocycles. The Labute approximate surface area is 221 Å². The summed E-state index contributed by atoms with van der Waals surface area (Å²) in [6.45, 7) is -0.807. The van der Waals surface area contributed by atoms with Crippen LogP contribution in [-0.4, -0.2) is 83.6 Å². The van der Waals surface area contributed by atoms with Crippen LogP contribution in [-0.2, 0) is 9.47 Å². The Balaban J connectivity index is 1.70. The molecule has 39 heavy (non-hydrogen) atoms. The summed E-state index contributed by atoms with van der Waals surface area (Å²) < 4.78 is 16.9. The maximum absolute atomic E-state index is 12.9. The number of aliphatic hydroxyl groups excluding tert-OH is 2. The van der Waals surface area contributed by atoms with Gasteiger partial charge in [0.25, 0.3) is 0 Å². The number of carbonyl (C=O) groups is 1. The van der Waals surface area contributed by atoms with Crippen molar-refractivity contribution >= 4 is 12.0 Å². The number of hydrogen-bond donors (Lipinski definition) is 8. The quantitative estimate of drug-likeness (QED) is 0.157. The van der Waals surface area contributed by atoms with Gasteiger partial charge in [-0.15, -0.1) is 0 Å². The van der Waals surface area contributed by atoms with Gasteiger partial charge in [-0.3, -0.25) is 0 Å². The molecule has 1 saturated heterocycles. The zero-order chi connectivity index (χ0) is 28.3. The van der Waals surface area contributed by atoms with Crippen LogP contribution in [0.3, 0.4) is 0 Å². The maximum atomic E-state index is 12.9. The summed E-state index contributed by atoms with van der Waals surface area (Å²) in [7, 11) is 0. The van der Waals surface area contributed by atoms with E-state index >= 15 is 0 Å². The number of rotatable bonds is 7. The van der Waals surface area contributed by atoms with Crippen molar-refractivity contribution in [3.8, 4) is 34.5 Å². The Hall–Kier alpha value is -4.49. The summed E-state index contributed by atoms with van der Waals surface area (Å²) in [5, 5.41) is 81.3. The highest BCUT2D eigenvalue weighted by Gasteiger charge is 2.56. The van der Waals surface area contributed by atoms with Gasteiger partial charge < -0.3 is 55.1 Å². The lowest BCUT2D eigenvalue weighted by molar-refractivity contribution is -0.299. The Morgan fingerprint density at radius 2 is 1.56 bits per heavy atom. The fourth-order valence-electron chi connectivity index (χ4n) is 4.05. The van der Waals surface area contributed by atoms with E-state index in [0.717, 1.165) is 24.3 Å². The fourth-order valence-corrected chi connectivity index (χ4v) is 4.05. The number of aromatic hydroxyl groups is 5. The molecule has 1 aliphatic rings. The van der Waals surface area contributed by atoms with Gasteiger partial charge >= 0.3 is 5.97 Å². The zero-order valence-electron chi connectivity index (χ0n) is 20.2. The highest BCUT2D eigenvalue weighted by Crippen LogP contribution is 2.38. The molecule has 1 heterocycles. The molecule has 3 aromatic carbocycles. The lowest BCUT2D eigenvalue weighted by atomic mass is 9.83. The maximum Gasteiger partial charge on any atom is 0.339 e. The molecule has 3 aromatic rings. The molecule has 5 unspecified atom stereocenters. The molecule has 0 amide bonds. The van der Waals surface area contributed by atoms with Gasteiger partial charge in [0.1, 0.15) is 35.1 Å². The van der Waals surface area contributed by atoms with Gasteiger partial charge in [0.2, 0.25) is 6.29 Å².